The fraction of sp³-hybridized carbons (Fsp3) is 0.227. The molecule has 4 rings (SSSR count). The zero-order valence-corrected chi connectivity index (χ0v) is 15.2. The van der Waals surface area contributed by atoms with E-state index in [4.69, 9.17) is 4.74 Å². The van der Waals surface area contributed by atoms with Gasteiger partial charge in [-0.3, -0.25) is 4.98 Å². The summed E-state index contributed by atoms with van der Waals surface area (Å²) in [5, 5.41) is 9.20. The van der Waals surface area contributed by atoms with E-state index in [1.54, 1.807) is 24.7 Å². The smallest absolute Gasteiger partial charge is 0.129 e. The SMILES string of the molecule is C=Cc1ccc(-c2c(-c3cc(C#N)ccn3)ncn2C)c(OCC2CC2)c1. The zero-order valence-electron chi connectivity index (χ0n) is 15.2. The van der Waals surface area contributed by atoms with Crippen molar-refractivity contribution in [2.45, 2.75) is 12.8 Å². The highest BCUT2D eigenvalue weighted by Gasteiger charge is 2.24. The van der Waals surface area contributed by atoms with Gasteiger partial charge in [-0.15, -0.1) is 0 Å². The molecule has 0 amide bonds. The lowest BCUT2D eigenvalue weighted by Gasteiger charge is -2.14. The molecule has 27 heavy (non-hydrogen) atoms. The van der Waals surface area contributed by atoms with Gasteiger partial charge in [-0.2, -0.15) is 5.26 Å². The molecule has 3 aromatic rings. The number of pyridine rings is 1. The summed E-state index contributed by atoms with van der Waals surface area (Å²) in [6.45, 7) is 4.59. The van der Waals surface area contributed by atoms with E-state index in [-0.39, 0.29) is 0 Å². The molecule has 0 N–H and O–H groups in total. The van der Waals surface area contributed by atoms with Gasteiger partial charge in [0.05, 0.1) is 36.0 Å². The molecule has 5 heteroatoms. The second-order valence-corrected chi connectivity index (χ2v) is 6.81. The molecule has 0 radical (unpaired) electrons. The van der Waals surface area contributed by atoms with E-state index < -0.39 is 0 Å². The summed E-state index contributed by atoms with van der Waals surface area (Å²) in [6, 6.07) is 11.7. The van der Waals surface area contributed by atoms with Gasteiger partial charge in [-0.1, -0.05) is 18.7 Å². The lowest BCUT2D eigenvalue weighted by Crippen LogP contribution is -2.02. The van der Waals surface area contributed by atoms with E-state index in [2.05, 4.69) is 22.6 Å². The van der Waals surface area contributed by atoms with Gasteiger partial charge in [0, 0.05) is 18.8 Å². The first-order valence-corrected chi connectivity index (χ1v) is 8.97. The summed E-state index contributed by atoms with van der Waals surface area (Å²) in [7, 11) is 1.95. The van der Waals surface area contributed by atoms with Crippen molar-refractivity contribution in [3.63, 3.8) is 0 Å². The number of nitriles is 1. The Balaban J connectivity index is 1.82. The second kappa shape index (κ2) is 7.08. The fourth-order valence-electron chi connectivity index (χ4n) is 3.04. The Labute approximate surface area is 158 Å². The number of rotatable bonds is 6. The van der Waals surface area contributed by atoms with E-state index in [0.29, 0.717) is 17.2 Å². The first-order chi connectivity index (χ1) is 13.2. The molecule has 5 nitrogen and oxygen atoms in total. The maximum absolute atomic E-state index is 9.20. The molecule has 0 atom stereocenters. The lowest BCUT2D eigenvalue weighted by molar-refractivity contribution is 0.301. The first-order valence-electron chi connectivity index (χ1n) is 8.97. The molecule has 2 heterocycles. The van der Waals surface area contributed by atoms with Crippen molar-refractivity contribution in [1.29, 1.82) is 5.26 Å². The van der Waals surface area contributed by atoms with Crippen LogP contribution < -0.4 is 4.74 Å². The van der Waals surface area contributed by atoms with Crippen molar-refractivity contribution >= 4 is 6.08 Å². The van der Waals surface area contributed by atoms with Crippen LogP contribution in [0.25, 0.3) is 28.7 Å². The maximum Gasteiger partial charge on any atom is 0.129 e. The third kappa shape index (κ3) is 3.47. The van der Waals surface area contributed by atoms with Gasteiger partial charge in [0.2, 0.25) is 0 Å². The minimum atomic E-state index is 0.559. The van der Waals surface area contributed by atoms with Crippen LogP contribution >= 0.6 is 0 Å². The van der Waals surface area contributed by atoms with Crippen LogP contribution in [0.5, 0.6) is 5.75 Å². The monoisotopic (exact) mass is 356 g/mol. The van der Waals surface area contributed by atoms with E-state index in [1.165, 1.54) is 12.8 Å². The normalized spacial score (nSPS) is 13.2. The molecule has 0 saturated heterocycles. The van der Waals surface area contributed by atoms with Crippen LogP contribution in [0.2, 0.25) is 0 Å². The Hall–Kier alpha value is -3.39. The molecule has 1 aliphatic carbocycles. The van der Waals surface area contributed by atoms with Gasteiger partial charge in [0.25, 0.3) is 0 Å². The maximum atomic E-state index is 9.20. The Kier molecular flexibility index (Phi) is 4.47. The highest BCUT2D eigenvalue weighted by Crippen LogP contribution is 2.38. The molecule has 134 valence electrons. The third-order valence-corrected chi connectivity index (χ3v) is 4.74. The van der Waals surface area contributed by atoms with Gasteiger partial charge in [-0.05, 0) is 48.6 Å². The Morgan fingerprint density at radius 3 is 2.89 bits per heavy atom. The van der Waals surface area contributed by atoms with Gasteiger partial charge >= 0.3 is 0 Å². The summed E-state index contributed by atoms with van der Waals surface area (Å²) < 4.78 is 8.12. The number of aromatic nitrogens is 3. The van der Waals surface area contributed by atoms with Crippen molar-refractivity contribution in [3.05, 3.63) is 60.6 Å². The standard InChI is InChI=1S/C22H20N4O/c1-3-15-6-7-18(20(11-15)27-13-16-4-5-16)22-21(25-14-26(22)2)19-10-17(12-23)8-9-24-19/h3,6-11,14,16H,1,4-5,13H2,2H3. The molecule has 0 unspecified atom stereocenters. The average molecular weight is 356 g/mol. The highest BCUT2D eigenvalue weighted by molar-refractivity contribution is 5.81. The molecule has 0 aliphatic heterocycles. The molecule has 1 aromatic carbocycles. The van der Waals surface area contributed by atoms with Crippen LogP contribution in [0.15, 0.2) is 49.4 Å². The largest absolute Gasteiger partial charge is 0.493 e. The van der Waals surface area contributed by atoms with Gasteiger partial charge in [0.15, 0.2) is 0 Å². The number of imidazole rings is 1. The van der Waals surface area contributed by atoms with Crippen LogP contribution in [0.3, 0.4) is 0 Å². The molecule has 2 aromatic heterocycles. The summed E-state index contributed by atoms with van der Waals surface area (Å²) in [6.07, 6.45) is 7.68. The van der Waals surface area contributed by atoms with Crippen molar-refractivity contribution in [2.75, 3.05) is 6.61 Å². The topological polar surface area (TPSA) is 63.7 Å². The zero-order chi connectivity index (χ0) is 18.8. The molecule has 0 spiro atoms. The third-order valence-electron chi connectivity index (χ3n) is 4.74. The molecule has 1 saturated carbocycles. The van der Waals surface area contributed by atoms with E-state index in [0.717, 1.165) is 34.9 Å². The molecular formula is C22H20N4O. The Morgan fingerprint density at radius 2 is 2.15 bits per heavy atom. The number of hydrogen-bond acceptors (Lipinski definition) is 4. The summed E-state index contributed by atoms with van der Waals surface area (Å²) in [5.41, 5.74) is 4.85. The lowest BCUT2D eigenvalue weighted by atomic mass is 10.0. The Morgan fingerprint density at radius 1 is 1.30 bits per heavy atom. The first kappa shape index (κ1) is 17.0. The summed E-state index contributed by atoms with van der Waals surface area (Å²) in [4.78, 5) is 8.97. The fourth-order valence-corrected chi connectivity index (χ4v) is 3.04. The predicted molar refractivity (Wildman–Crippen MR) is 105 cm³/mol. The van der Waals surface area contributed by atoms with Crippen LogP contribution in [0.4, 0.5) is 0 Å². The van der Waals surface area contributed by atoms with E-state index in [9.17, 15) is 5.26 Å². The molecule has 0 bridgehead atoms. The van der Waals surface area contributed by atoms with Crippen molar-refractivity contribution in [3.8, 4) is 34.5 Å². The van der Waals surface area contributed by atoms with Gasteiger partial charge in [0.1, 0.15) is 11.4 Å². The minimum absolute atomic E-state index is 0.559. The van der Waals surface area contributed by atoms with Gasteiger partial charge in [-0.25, -0.2) is 4.98 Å². The van der Waals surface area contributed by atoms with Crippen LogP contribution in [0.1, 0.15) is 24.0 Å². The Bertz CT molecular complexity index is 1040. The number of benzene rings is 1. The summed E-state index contributed by atoms with van der Waals surface area (Å²) >= 11 is 0. The highest BCUT2D eigenvalue weighted by atomic mass is 16.5. The van der Waals surface area contributed by atoms with Crippen molar-refractivity contribution < 1.29 is 4.74 Å². The number of ether oxygens (including phenoxy) is 1. The molecular weight excluding hydrogens is 336 g/mol. The molecule has 1 fully saturated rings. The van der Waals surface area contributed by atoms with E-state index in [1.807, 2.05) is 35.9 Å². The quantitative estimate of drug-likeness (QED) is 0.654. The van der Waals surface area contributed by atoms with Crippen LogP contribution in [-0.4, -0.2) is 21.1 Å². The number of aryl methyl sites for hydroxylation is 1. The number of nitrogens with zero attached hydrogens (tertiary/aromatic N) is 4. The van der Waals surface area contributed by atoms with Crippen molar-refractivity contribution in [2.24, 2.45) is 13.0 Å². The average Bonchev–Trinajstić information content (AvgIpc) is 3.46. The van der Waals surface area contributed by atoms with Gasteiger partial charge < -0.3 is 9.30 Å². The number of hydrogen-bond donors (Lipinski definition) is 0. The predicted octanol–water partition coefficient (Wildman–Crippen LogP) is 4.45. The van der Waals surface area contributed by atoms with Crippen LogP contribution in [0, 0.1) is 17.2 Å². The summed E-state index contributed by atoms with van der Waals surface area (Å²) in [5.74, 6) is 1.48. The van der Waals surface area contributed by atoms with Crippen molar-refractivity contribution in [1.82, 2.24) is 14.5 Å². The van der Waals surface area contributed by atoms with E-state index >= 15 is 0 Å². The molecule has 1 aliphatic rings. The minimum Gasteiger partial charge on any atom is -0.493 e. The second-order valence-electron chi connectivity index (χ2n) is 6.81. The van der Waals surface area contributed by atoms with Crippen LogP contribution in [-0.2, 0) is 7.05 Å².